The molecule has 1 aliphatic heterocycles. The number of aliphatic hydroxyl groups is 1. The first-order valence-corrected chi connectivity index (χ1v) is 7.14. The monoisotopic (exact) mass is 313 g/mol. The minimum Gasteiger partial charge on any atom is -0.387 e. The van der Waals surface area contributed by atoms with Crippen LogP contribution in [-0.2, 0) is 4.74 Å². The molecule has 1 aliphatic rings. The van der Waals surface area contributed by atoms with Crippen molar-refractivity contribution in [3.05, 3.63) is 34.3 Å². The maximum Gasteiger partial charge on any atom is 0.0916 e. The maximum atomic E-state index is 10.2. The largest absolute Gasteiger partial charge is 0.387 e. The van der Waals surface area contributed by atoms with Gasteiger partial charge in [-0.15, -0.1) is 0 Å². The highest BCUT2D eigenvalue weighted by atomic mass is 79.9. The van der Waals surface area contributed by atoms with Gasteiger partial charge in [0.05, 0.1) is 12.7 Å². The third-order valence-electron chi connectivity index (χ3n) is 3.33. The normalized spacial score (nSPS) is 21.4. The van der Waals surface area contributed by atoms with Gasteiger partial charge in [-0.25, -0.2) is 0 Å². The van der Waals surface area contributed by atoms with Gasteiger partial charge in [0.15, 0.2) is 0 Å². The van der Waals surface area contributed by atoms with E-state index in [0.29, 0.717) is 12.5 Å². The molecule has 1 heterocycles. The second kappa shape index (κ2) is 6.66. The van der Waals surface area contributed by atoms with Crippen molar-refractivity contribution in [1.82, 2.24) is 4.90 Å². The molecule has 1 saturated heterocycles. The summed E-state index contributed by atoms with van der Waals surface area (Å²) in [6.07, 6.45) is 0.712. The zero-order valence-electron chi connectivity index (χ0n) is 10.7. The number of likely N-dealkylation sites (N-methyl/N-ethyl adjacent to an activating group) is 1. The number of rotatable bonds is 5. The molecule has 0 saturated carbocycles. The molecule has 4 heteroatoms. The Hall–Kier alpha value is -0.420. The van der Waals surface area contributed by atoms with Gasteiger partial charge in [-0.2, -0.15) is 0 Å². The molecule has 1 aromatic carbocycles. The molecule has 1 N–H and O–H groups in total. The summed E-state index contributed by atoms with van der Waals surface area (Å²) in [7, 11) is 2.06. The Balaban J connectivity index is 1.82. The third-order valence-corrected chi connectivity index (χ3v) is 3.86. The molecule has 0 aromatic heterocycles. The van der Waals surface area contributed by atoms with Gasteiger partial charge in [0.2, 0.25) is 0 Å². The predicted molar refractivity (Wildman–Crippen MR) is 75.5 cm³/mol. The topological polar surface area (TPSA) is 32.7 Å². The number of aliphatic hydroxyl groups excluding tert-OH is 1. The van der Waals surface area contributed by atoms with Crippen molar-refractivity contribution in [1.29, 1.82) is 0 Å². The summed E-state index contributed by atoms with van der Waals surface area (Å²) in [6.45, 7) is 3.40. The highest BCUT2D eigenvalue weighted by molar-refractivity contribution is 9.10. The Morgan fingerprint density at radius 1 is 1.44 bits per heavy atom. The fourth-order valence-electron chi connectivity index (χ4n) is 2.33. The van der Waals surface area contributed by atoms with E-state index in [1.165, 1.54) is 0 Å². The lowest BCUT2D eigenvalue weighted by atomic mass is 10.1. The van der Waals surface area contributed by atoms with Gasteiger partial charge in [0.25, 0.3) is 0 Å². The molecule has 0 bridgehead atoms. The molecular weight excluding hydrogens is 294 g/mol. The summed E-state index contributed by atoms with van der Waals surface area (Å²) < 4.78 is 6.40. The van der Waals surface area contributed by atoms with Crippen LogP contribution in [0.4, 0.5) is 0 Å². The van der Waals surface area contributed by atoms with Gasteiger partial charge >= 0.3 is 0 Å². The van der Waals surface area contributed by atoms with Crippen LogP contribution in [0.1, 0.15) is 18.1 Å². The van der Waals surface area contributed by atoms with Gasteiger partial charge in [0.1, 0.15) is 0 Å². The lowest BCUT2D eigenvalue weighted by Gasteiger charge is -2.23. The average Bonchev–Trinajstić information content (AvgIpc) is 2.82. The smallest absolute Gasteiger partial charge is 0.0916 e. The molecule has 2 atom stereocenters. The van der Waals surface area contributed by atoms with Gasteiger partial charge in [0, 0.05) is 24.2 Å². The average molecular weight is 314 g/mol. The lowest BCUT2D eigenvalue weighted by molar-refractivity contribution is 0.113. The first-order chi connectivity index (χ1) is 8.65. The molecule has 0 radical (unpaired) electrons. The highest BCUT2D eigenvalue weighted by Crippen LogP contribution is 2.19. The molecule has 2 rings (SSSR count). The van der Waals surface area contributed by atoms with Crippen molar-refractivity contribution in [3.63, 3.8) is 0 Å². The number of hydrogen-bond donors (Lipinski definition) is 1. The van der Waals surface area contributed by atoms with Crippen molar-refractivity contribution in [2.24, 2.45) is 5.92 Å². The zero-order chi connectivity index (χ0) is 13.0. The molecule has 1 aromatic rings. The summed E-state index contributed by atoms with van der Waals surface area (Å²) in [5.74, 6) is 0.618. The molecule has 0 spiro atoms. The number of benzene rings is 1. The van der Waals surface area contributed by atoms with E-state index < -0.39 is 6.10 Å². The predicted octanol–water partition coefficient (Wildman–Crippen LogP) is 2.45. The summed E-state index contributed by atoms with van der Waals surface area (Å²) in [5.41, 5.74) is 0.965. The van der Waals surface area contributed by atoms with Crippen LogP contribution in [0.5, 0.6) is 0 Å². The Kier molecular flexibility index (Phi) is 5.18. The summed E-state index contributed by atoms with van der Waals surface area (Å²) in [5, 5.41) is 10.2. The molecule has 2 unspecified atom stereocenters. The van der Waals surface area contributed by atoms with Crippen LogP contribution < -0.4 is 0 Å². The molecule has 0 aliphatic carbocycles. The van der Waals surface area contributed by atoms with Crippen molar-refractivity contribution in [3.8, 4) is 0 Å². The molecular formula is C14H20BrNO2. The summed E-state index contributed by atoms with van der Waals surface area (Å²) >= 11 is 3.40. The molecule has 1 fully saturated rings. The third kappa shape index (κ3) is 4.05. The second-order valence-corrected chi connectivity index (χ2v) is 5.93. The standard InChI is InChI=1S/C14H20BrNO2/c1-16(8-11-6-7-18-10-11)9-14(17)12-2-4-13(15)5-3-12/h2-5,11,14,17H,6-10H2,1H3. The Bertz CT molecular complexity index is 363. The molecule has 0 amide bonds. The minimum absolute atomic E-state index is 0.426. The van der Waals surface area contributed by atoms with E-state index in [-0.39, 0.29) is 0 Å². The van der Waals surface area contributed by atoms with Crippen LogP contribution in [-0.4, -0.2) is 43.4 Å². The van der Waals surface area contributed by atoms with E-state index in [2.05, 4.69) is 27.9 Å². The van der Waals surface area contributed by atoms with Crippen LogP contribution in [0.15, 0.2) is 28.7 Å². The van der Waals surface area contributed by atoms with Crippen LogP contribution in [0.3, 0.4) is 0 Å². The maximum absolute atomic E-state index is 10.2. The van der Waals surface area contributed by atoms with Gasteiger partial charge in [-0.1, -0.05) is 28.1 Å². The van der Waals surface area contributed by atoms with Gasteiger partial charge in [-0.05, 0) is 37.1 Å². The minimum atomic E-state index is -0.426. The van der Waals surface area contributed by atoms with Crippen LogP contribution in [0, 0.1) is 5.92 Å². The van der Waals surface area contributed by atoms with Crippen LogP contribution in [0.25, 0.3) is 0 Å². The van der Waals surface area contributed by atoms with Crippen LogP contribution >= 0.6 is 15.9 Å². The van der Waals surface area contributed by atoms with E-state index in [1.807, 2.05) is 24.3 Å². The SMILES string of the molecule is CN(CC1CCOC1)CC(O)c1ccc(Br)cc1. The summed E-state index contributed by atoms with van der Waals surface area (Å²) in [4.78, 5) is 2.19. The molecule has 3 nitrogen and oxygen atoms in total. The van der Waals surface area contributed by atoms with E-state index in [4.69, 9.17) is 4.74 Å². The fraction of sp³-hybridized carbons (Fsp3) is 0.571. The second-order valence-electron chi connectivity index (χ2n) is 5.02. The van der Waals surface area contributed by atoms with Crippen LogP contribution in [0.2, 0.25) is 0 Å². The molecule has 18 heavy (non-hydrogen) atoms. The quantitative estimate of drug-likeness (QED) is 0.906. The Morgan fingerprint density at radius 2 is 2.17 bits per heavy atom. The highest BCUT2D eigenvalue weighted by Gasteiger charge is 2.19. The number of nitrogens with zero attached hydrogens (tertiary/aromatic N) is 1. The zero-order valence-corrected chi connectivity index (χ0v) is 12.3. The van der Waals surface area contributed by atoms with E-state index in [0.717, 1.165) is 36.2 Å². The van der Waals surface area contributed by atoms with E-state index in [1.54, 1.807) is 0 Å². The van der Waals surface area contributed by atoms with E-state index >= 15 is 0 Å². The van der Waals surface area contributed by atoms with Gasteiger partial charge in [-0.3, -0.25) is 0 Å². The first kappa shape index (κ1) is 14.0. The summed E-state index contributed by atoms with van der Waals surface area (Å²) in [6, 6.07) is 7.84. The Labute approximate surface area is 117 Å². The Morgan fingerprint density at radius 3 is 2.78 bits per heavy atom. The first-order valence-electron chi connectivity index (χ1n) is 6.35. The lowest BCUT2D eigenvalue weighted by Crippen LogP contribution is -2.30. The number of hydrogen-bond acceptors (Lipinski definition) is 3. The number of halogens is 1. The van der Waals surface area contributed by atoms with E-state index in [9.17, 15) is 5.11 Å². The van der Waals surface area contributed by atoms with Crippen molar-refractivity contribution in [2.45, 2.75) is 12.5 Å². The molecule has 100 valence electrons. The van der Waals surface area contributed by atoms with Crippen molar-refractivity contribution >= 4 is 15.9 Å². The fourth-order valence-corrected chi connectivity index (χ4v) is 2.59. The van der Waals surface area contributed by atoms with Gasteiger partial charge < -0.3 is 14.7 Å². The van der Waals surface area contributed by atoms with Crippen molar-refractivity contribution in [2.75, 3.05) is 33.4 Å². The van der Waals surface area contributed by atoms with Crippen molar-refractivity contribution < 1.29 is 9.84 Å². The number of ether oxygens (including phenoxy) is 1.